The van der Waals surface area contributed by atoms with Gasteiger partial charge in [0.2, 0.25) is 11.8 Å². The molecule has 1 saturated heterocycles. The van der Waals surface area contributed by atoms with Crippen molar-refractivity contribution in [1.29, 1.82) is 0 Å². The van der Waals surface area contributed by atoms with Crippen LogP contribution in [0.3, 0.4) is 0 Å². The van der Waals surface area contributed by atoms with E-state index in [1.807, 2.05) is 0 Å². The Kier molecular flexibility index (Phi) is 3.38. The number of amides is 2. The molecule has 0 bridgehead atoms. The molecule has 80 valence electrons. The average Bonchev–Trinajstić information content (AvgIpc) is 2.49. The Morgan fingerprint density at radius 1 is 1.71 bits per heavy atom. The molecule has 0 aromatic rings. The fourth-order valence-corrected chi connectivity index (χ4v) is 1.39. The lowest BCUT2D eigenvalue weighted by molar-refractivity contribution is -0.136. The maximum Gasteiger partial charge on any atom is 0.255 e. The minimum absolute atomic E-state index is 0.104. The standard InChI is InChI=1S/C8H12F2N2O2/c1-12(4-6(9)10)8(14)5-2-7(13)11-3-5/h5-6H,2-4H2,1H3,(H,11,13). The first-order valence-corrected chi connectivity index (χ1v) is 4.30. The number of carbonyl (C=O) groups is 2. The van der Waals surface area contributed by atoms with Crippen LogP contribution < -0.4 is 5.32 Å². The molecule has 1 aliphatic heterocycles. The largest absolute Gasteiger partial charge is 0.355 e. The van der Waals surface area contributed by atoms with Crippen molar-refractivity contribution in [3.05, 3.63) is 0 Å². The van der Waals surface area contributed by atoms with Crippen LogP contribution in [-0.4, -0.2) is 43.3 Å². The van der Waals surface area contributed by atoms with Crippen LogP contribution in [0.15, 0.2) is 0 Å². The first kappa shape index (κ1) is 10.9. The molecule has 4 nitrogen and oxygen atoms in total. The van der Waals surface area contributed by atoms with E-state index in [2.05, 4.69) is 5.32 Å². The monoisotopic (exact) mass is 206 g/mol. The summed E-state index contributed by atoms with van der Waals surface area (Å²) in [5, 5.41) is 2.48. The fraction of sp³-hybridized carbons (Fsp3) is 0.750. The fourth-order valence-electron chi connectivity index (χ4n) is 1.39. The first-order chi connectivity index (χ1) is 6.50. The normalized spacial score (nSPS) is 21.1. The summed E-state index contributed by atoms with van der Waals surface area (Å²) in [5.41, 5.74) is 0. The lowest BCUT2D eigenvalue weighted by Gasteiger charge is -2.19. The molecule has 1 aliphatic rings. The summed E-state index contributed by atoms with van der Waals surface area (Å²) in [5.74, 6) is -1.08. The highest BCUT2D eigenvalue weighted by atomic mass is 19.3. The van der Waals surface area contributed by atoms with Crippen LogP contribution in [0.1, 0.15) is 6.42 Å². The van der Waals surface area contributed by atoms with Crippen molar-refractivity contribution in [2.45, 2.75) is 12.8 Å². The predicted octanol–water partition coefficient (Wildman–Crippen LogP) is -0.154. The molecule has 1 fully saturated rings. The second-order valence-electron chi connectivity index (χ2n) is 3.31. The highest BCUT2D eigenvalue weighted by Gasteiger charge is 2.30. The zero-order chi connectivity index (χ0) is 10.7. The van der Waals surface area contributed by atoms with Gasteiger partial charge in [-0.25, -0.2) is 8.78 Å². The minimum Gasteiger partial charge on any atom is -0.355 e. The highest BCUT2D eigenvalue weighted by Crippen LogP contribution is 2.12. The van der Waals surface area contributed by atoms with Crippen molar-refractivity contribution in [3.63, 3.8) is 0 Å². The van der Waals surface area contributed by atoms with Crippen molar-refractivity contribution in [1.82, 2.24) is 10.2 Å². The summed E-state index contributed by atoms with van der Waals surface area (Å²) in [4.78, 5) is 23.2. The second kappa shape index (κ2) is 4.34. The number of hydrogen-bond donors (Lipinski definition) is 1. The third-order valence-corrected chi connectivity index (χ3v) is 2.11. The van der Waals surface area contributed by atoms with Crippen LogP contribution in [0.4, 0.5) is 8.78 Å². The molecule has 2 amide bonds. The molecular formula is C8H12F2N2O2. The third-order valence-electron chi connectivity index (χ3n) is 2.11. The van der Waals surface area contributed by atoms with Gasteiger partial charge in [0.05, 0.1) is 12.5 Å². The SMILES string of the molecule is CN(CC(F)F)C(=O)C1CNC(=O)C1. The number of carbonyl (C=O) groups excluding carboxylic acids is 2. The smallest absolute Gasteiger partial charge is 0.255 e. The van der Waals surface area contributed by atoms with Gasteiger partial charge >= 0.3 is 0 Å². The summed E-state index contributed by atoms with van der Waals surface area (Å²) in [6.45, 7) is -0.325. The summed E-state index contributed by atoms with van der Waals surface area (Å²) in [6.07, 6.45) is -2.43. The molecule has 1 rings (SSSR count). The van der Waals surface area contributed by atoms with E-state index >= 15 is 0 Å². The molecule has 1 atom stereocenters. The van der Waals surface area contributed by atoms with Crippen LogP contribution in [0.25, 0.3) is 0 Å². The summed E-state index contributed by atoms with van der Waals surface area (Å²) in [6, 6.07) is 0. The average molecular weight is 206 g/mol. The number of nitrogens with one attached hydrogen (secondary N) is 1. The second-order valence-corrected chi connectivity index (χ2v) is 3.31. The Morgan fingerprint density at radius 3 is 2.79 bits per heavy atom. The van der Waals surface area contributed by atoms with Gasteiger partial charge in [0.15, 0.2) is 0 Å². The van der Waals surface area contributed by atoms with Crippen molar-refractivity contribution >= 4 is 11.8 Å². The molecule has 0 spiro atoms. The molecule has 6 heteroatoms. The summed E-state index contributed by atoms with van der Waals surface area (Å²) >= 11 is 0. The topological polar surface area (TPSA) is 49.4 Å². The summed E-state index contributed by atoms with van der Waals surface area (Å²) in [7, 11) is 1.32. The van der Waals surface area contributed by atoms with Crippen molar-refractivity contribution < 1.29 is 18.4 Å². The summed E-state index contributed by atoms with van der Waals surface area (Å²) < 4.78 is 23.9. The maximum atomic E-state index is 11.9. The quantitative estimate of drug-likeness (QED) is 0.698. The van der Waals surface area contributed by atoms with E-state index in [9.17, 15) is 18.4 Å². The van der Waals surface area contributed by atoms with E-state index in [0.29, 0.717) is 0 Å². The maximum absolute atomic E-state index is 11.9. The van der Waals surface area contributed by atoms with E-state index in [0.717, 1.165) is 4.90 Å². The van der Waals surface area contributed by atoms with Gasteiger partial charge in [0.25, 0.3) is 6.43 Å². The molecule has 0 saturated carbocycles. The molecule has 14 heavy (non-hydrogen) atoms. The molecule has 1 unspecified atom stereocenters. The number of hydrogen-bond acceptors (Lipinski definition) is 2. The number of rotatable bonds is 3. The van der Waals surface area contributed by atoms with E-state index in [4.69, 9.17) is 0 Å². The lowest BCUT2D eigenvalue weighted by atomic mass is 10.1. The Bertz CT molecular complexity index is 245. The third kappa shape index (κ3) is 2.65. The predicted molar refractivity (Wildman–Crippen MR) is 44.8 cm³/mol. The number of halogens is 2. The van der Waals surface area contributed by atoms with Crippen molar-refractivity contribution in [3.8, 4) is 0 Å². The van der Waals surface area contributed by atoms with E-state index in [1.165, 1.54) is 7.05 Å². The lowest BCUT2D eigenvalue weighted by Crippen LogP contribution is -2.36. The van der Waals surface area contributed by atoms with Gasteiger partial charge in [0.1, 0.15) is 0 Å². The van der Waals surface area contributed by atoms with Crippen LogP contribution in [0, 0.1) is 5.92 Å². The van der Waals surface area contributed by atoms with Gasteiger partial charge in [-0.2, -0.15) is 0 Å². The Balaban J connectivity index is 2.44. The van der Waals surface area contributed by atoms with Gasteiger partial charge in [-0.15, -0.1) is 0 Å². The van der Waals surface area contributed by atoms with Crippen LogP contribution in [0.2, 0.25) is 0 Å². The van der Waals surface area contributed by atoms with Gasteiger partial charge < -0.3 is 10.2 Å². The van der Waals surface area contributed by atoms with Crippen molar-refractivity contribution in [2.75, 3.05) is 20.1 Å². The first-order valence-electron chi connectivity index (χ1n) is 4.30. The Morgan fingerprint density at radius 2 is 2.36 bits per heavy atom. The van der Waals surface area contributed by atoms with Crippen LogP contribution in [0.5, 0.6) is 0 Å². The zero-order valence-corrected chi connectivity index (χ0v) is 7.80. The molecule has 1 N–H and O–H groups in total. The van der Waals surface area contributed by atoms with Crippen molar-refractivity contribution in [2.24, 2.45) is 5.92 Å². The highest BCUT2D eigenvalue weighted by molar-refractivity contribution is 5.89. The zero-order valence-electron chi connectivity index (χ0n) is 7.80. The van der Waals surface area contributed by atoms with E-state index in [-0.39, 0.29) is 18.9 Å². The molecule has 0 aliphatic carbocycles. The van der Waals surface area contributed by atoms with Gasteiger partial charge in [-0.05, 0) is 0 Å². The Labute approximate surface area is 80.3 Å². The molecular weight excluding hydrogens is 194 g/mol. The van der Waals surface area contributed by atoms with Gasteiger partial charge in [-0.3, -0.25) is 9.59 Å². The Hall–Kier alpha value is -1.20. The molecule has 0 aromatic carbocycles. The number of alkyl halides is 2. The molecule has 0 radical (unpaired) electrons. The van der Waals surface area contributed by atoms with Crippen LogP contribution in [-0.2, 0) is 9.59 Å². The van der Waals surface area contributed by atoms with E-state index in [1.54, 1.807) is 0 Å². The van der Waals surface area contributed by atoms with Gasteiger partial charge in [0, 0.05) is 20.0 Å². The van der Waals surface area contributed by atoms with E-state index < -0.39 is 24.8 Å². The molecule has 0 aromatic heterocycles. The van der Waals surface area contributed by atoms with Gasteiger partial charge in [-0.1, -0.05) is 0 Å². The molecule has 1 heterocycles. The van der Waals surface area contributed by atoms with Crippen LogP contribution >= 0.6 is 0 Å². The minimum atomic E-state index is -2.53. The number of nitrogens with zero attached hydrogens (tertiary/aromatic N) is 1.